The predicted octanol–water partition coefficient (Wildman–Crippen LogP) is 6.33. The number of nitrogens with one attached hydrogen (secondary N) is 2. The first-order valence-electron chi connectivity index (χ1n) is 11.1. The lowest BCUT2D eigenvalue weighted by Gasteiger charge is -2.13. The standard InChI is InChI=1S/C27H27N3O3S/c1-15(2)32-21-10-8-19(9-11-21)25(31)30-27(34)29-22-14-20(7-6-16(22)3)26-28-23-12-17(4)18(5)13-24(23)33-26/h6-15H,1-5H3,(H2,29,30,31,34). The zero-order valence-corrected chi connectivity index (χ0v) is 20.7. The fourth-order valence-corrected chi connectivity index (χ4v) is 3.68. The van der Waals surface area contributed by atoms with Gasteiger partial charge in [-0.2, -0.15) is 0 Å². The molecule has 0 fully saturated rings. The van der Waals surface area contributed by atoms with E-state index < -0.39 is 0 Å². The van der Waals surface area contributed by atoms with Crippen LogP contribution in [0.3, 0.4) is 0 Å². The molecule has 2 N–H and O–H groups in total. The third kappa shape index (κ3) is 5.26. The Kier molecular flexibility index (Phi) is 6.65. The molecular weight excluding hydrogens is 446 g/mol. The molecule has 0 saturated heterocycles. The van der Waals surface area contributed by atoms with Gasteiger partial charge in [0, 0.05) is 16.8 Å². The summed E-state index contributed by atoms with van der Waals surface area (Å²) in [5, 5.41) is 6.05. The Balaban J connectivity index is 1.48. The second-order valence-electron chi connectivity index (χ2n) is 8.55. The predicted molar refractivity (Wildman–Crippen MR) is 140 cm³/mol. The van der Waals surface area contributed by atoms with Crippen LogP contribution in [0, 0.1) is 20.8 Å². The van der Waals surface area contributed by atoms with E-state index >= 15 is 0 Å². The quantitative estimate of drug-likeness (QED) is 0.330. The lowest BCUT2D eigenvalue weighted by molar-refractivity contribution is 0.0977. The van der Waals surface area contributed by atoms with Gasteiger partial charge < -0.3 is 14.5 Å². The SMILES string of the molecule is Cc1cc2nc(-c3ccc(C)c(NC(=S)NC(=O)c4ccc(OC(C)C)cc4)c3)oc2cc1C. The molecule has 0 unspecified atom stereocenters. The highest BCUT2D eigenvalue weighted by molar-refractivity contribution is 7.80. The molecule has 0 aliphatic carbocycles. The number of benzene rings is 3. The molecule has 174 valence electrons. The summed E-state index contributed by atoms with van der Waals surface area (Å²) in [6, 6.07) is 16.8. The maximum Gasteiger partial charge on any atom is 0.257 e. The summed E-state index contributed by atoms with van der Waals surface area (Å²) in [6.45, 7) is 9.97. The molecule has 0 saturated carbocycles. The van der Waals surface area contributed by atoms with Gasteiger partial charge in [0.1, 0.15) is 11.3 Å². The van der Waals surface area contributed by atoms with E-state index in [1.807, 2.05) is 58.0 Å². The van der Waals surface area contributed by atoms with Gasteiger partial charge in [-0.3, -0.25) is 10.1 Å². The number of rotatable bonds is 5. The molecule has 0 bridgehead atoms. The average Bonchev–Trinajstić information content (AvgIpc) is 3.18. The van der Waals surface area contributed by atoms with E-state index in [1.165, 1.54) is 5.56 Å². The van der Waals surface area contributed by atoms with Gasteiger partial charge in [-0.1, -0.05) is 6.07 Å². The van der Waals surface area contributed by atoms with Crippen molar-refractivity contribution in [1.29, 1.82) is 0 Å². The van der Waals surface area contributed by atoms with Gasteiger partial charge in [0.25, 0.3) is 5.91 Å². The number of aromatic nitrogens is 1. The molecule has 7 heteroatoms. The van der Waals surface area contributed by atoms with E-state index in [-0.39, 0.29) is 17.1 Å². The van der Waals surface area contributed by atoms with E-state index in [4.69, 9.17) is 21.4 Å². The minimum absolute atomic E-state index is 0.0680. The van der Waals surface area contributed by atoms with Gasteiger partial charge >= 0.3 is 0 Å². The Bertz CT molecular complexity index is 1340. The topological polar surface area (TPSA) is 76.4 Å². The number of nitrogens with zero attached hydrogens (tertiary/aromatic N) is 1. The third-order valence-electron chi connectivity index (χ3n) is 5.45. The molecule has 1 heterocycles. The maximum atomic E-state index is 12.6. The van der Waals surface area contributed by atoms with Crippen molar-refractivity contribution in [2.24, 2.45) is 0 Å². The molecule has 34 heavy (non-hydrogen) atoms. The normalized spacial score (nSPS) is 11.0. The second kappa shape index (κ2) is 9.65. The van der Waals surface area contributed by atoms with Crippen molar-refractivity contribution < 1.29 is 13.9 Å². The fraction of sp³-hybridized carbons (Fsp3) is 0.222. The summed E-state index contributed by atoms with van der Waals surface area (Å²) in [4.78, 5) is 17.2. The van der Waals surface area contributed by atoms with Crippen molar-refractivity contribution in [3.05, 3.63) is 76.9 Å². The molecule has 0 aliphatic rings. The van der Waals surface area contributed by atoms with Crippen LogP contribution in [-0.2, 0) is 0 Å². The summed E-state index contributed by atoms with van der Waals surface area (Å²) < 4.78 is 11.6. The zero-order valence-electron chi connectivity index (χ0n) is 19.9. The number of fused-ring (bicyclic) bond motifs is 1. The number of ether oxygens (including phenoxy) is 1. The van der Waals surface area contributed by atoms with E-state index in [9.17, 15) is 4.79 Å². The monoisotopic (exact) mass is 473 g/mol. The smallest absolute Gasteiger partial charge is 0.257 e. The zero-order chi connectivity index (χ0) is 24.4. The number of anilines is 1. The molecule has 0 radical (unpaired) electrons. The lowest BCUT2D eigenvalue weighted by atomic mass is 10.1. The highest BCUT2D eigenvalue weighted by Gasteiger charge is 2.13. The number of oxazole rings is 1. The summed E-state index contributed by atoms with van der Waals surface area (Å²) in [5.74, 6) is 0.943. The molecule has 1 aromatic heterocycles. The number of amides is 1. The number of thiocarbonyl (C=S) groups is 1. The second-order valence-corrected chi connectivity index (χ2v) is 8.96. The van der Waals surface area contributed by atoms with Crippen LogP contribution in [0.5, 0.6) is 5.75 Å². The van der Waals surface area contributed by atoms with Crippen LogP contribution in [0.15, 0.2) is 59.0 Å². The van der Waals surface area contributed by atoms with Gasteiger partial charge in [-0.25, -0.2) is 4.98 Å². The first-order valence-corrected chi connectivity index (χ1v) is 11.5. The first-order chi connectivity index (χ1) is 16.2. The number of carbonyl (C=O) groups excluding carboxylic acids is 1. The summed E-state index contributed by atoms with van der Waals surface area (Å²) >= 11 is 5.39. The van der Waals surface area contributed by atoms with Crippen molar-refractivity contribution in [3.63, 3.8) is 0 Å². The third-order valence-corrected chi connectivity index (χ3v) is 5.66. The highest BCUT2D eigenvalue weighted by Crippen LogP contribution is 2.29. The van der Waals surface area contributed by atoms with Gasteiger partial charge in [0.05, 0.1) is 6.10 Å². The van der Waals surface area contributed by atoms with Gasteiger partial charge in [0.2, 0.25) is 5.89 Å². The number of carbonyl (C=O) groups is 1. The summed E-state index contributed by atoms with van der Waals surface area (Å²) in [6.07, 6.45) is 0.0680. The molecule has 3 aromatic carbocycles. The maximum absolute atomic E-state index is 12.6. The minimum atomic E-state index is -0.299. The molecule has 0 aliphatic heterocycles. The number of aryl methyl sites for hydroxylation is 3. The fourth-order valence-electron chi connectivity index (χ4n) is 3.48. The van der Waals surface area contributed by atoms with Crippen molar-refractivity contribution in [1.82, 2.24) is 10.3 Å². The van der Waals surface area contributed by atoms with Gasteiger partial charge in [-0.15, -0.1) is 0 Å². The van der Waals surface area contributed by atoms with Crippen LogP contribution in [0.25, 0.3) is 22.6 Å². The Morgan fingerprint density at radius 3 is 2.38 bits per heavy atom. The molecule has 4 aromatic rings. The van der Waals surface area contributed by atoms with Crippen LogP contribution >= 0.6 is 12.2 Å². The van der Waals surface area contributed by atoms with Crippen LogP contribution in [-0.4, -0.2) is 22.1 Å². The molecule has 0 atom stereocenters. The Morgan fingerprint density at radius 2 is 1.68 bits per heavy atom. The van der Waals surface area contributed by atoms with Crippen molar-refractivity contribution in [3.8, 4) is 17.2 Å². The minimum Gasteiger partial charge on any atom is -0.491 e. The van der Waals surface area contributed by atoms with Crippen molar-refractivity contribution in [2.75, 3.05) is 5.32 Å². The number of hydrogen-bond donors (Lipinski definition) is 2. The summed E-state index contributed by atoms with van der Waals surface area (Å²) in [5.41, 5.74) is 6.93. The van der Waals surface area contributed by atoms with E-state index in [0.717, 1.165) is 33.5 Å². The highest BCUT2D eigenvalue weighted by atomic mass is 32.1. The van der Waals surface area contributed by atoms with Crippen molar-refractivity contribution >= 4 is 40.0 Å². The van der Waals surface area contributed by atoms with E-state index in [1.54, 1.807) is 24.3 Å². The van der Waals surface area contributed by atoms with Gasteiger partial charge in [0.15, 0.2) is 10.7 Å². The van der Waals surface area contributed by atoms with Crippen LogP contribution in [0.1, 0.15) is 40.9 Å². The van der Waals surface area contributed by atoms with E-state index in [0.29, 0.717) is 17.2 Å². The molecule has 0 spiro atoms. The van der Waals surface area contributed by atoms with Crippen LogP contribution < -0.4 is 15.4 Å². The lowest BCUT2D eigenvalue weighted by Crippen LogP contribution is -2.34. The average molecular weight is 474 g/mol. The summed E-state index contributed by atoms with van der Waals surface area (Å²) in [7, 11) is 0. The Hall–Kier alpha value is -3.71. The molecular formula is C27H27N3O3S. The number of hydrogen-bond acceptors (Lipinski definition) is 5. The van der Waals surface area contributed by atoms with E-state index in [2.05, 4.69) is 22.5 Å². The largest absolute Gasteiger partial charge is 0.491 e. The first kappa shape index (κ1) is 23.4. The van der Waals surface area contributed by atoms with Gasteiger partial charge in [-0.05, 0) is 112 Å². The van der Waals surface area contributed by atoms with Crippen molar-refractivity contribution in [2.45, 2.75) is 40.7 Å². The van der Waals surface area contributed by atoms with Crippen LogP contribution in [0.2, 0.25) is 0 Å². The molecule has 1 amide bonds. The Labute approximate surface area is 204 Å². The Morgan fingerprint density at radius 1 is 0.971 bits per heavy atom. The molecule has 4 rings (SSSR count). The molecule has 6 nitrogen and oxygen atoms in total. The van der Waals surface area contributed by atoms with Crippen LogP contribution in [0.4, 0.5) is 5.69 Å².